The van der Waals surface area contributed by atoms with Gasteiger partial charge in [0.2, 0.25) is 0 Å². The zero-order valence-corrected chi connectivity index (χ0v) is 18.5. The molecule has 5 nitrogen and oxygen atoms in total. The SMILES string of the molecule is Nc1ccc(C(=O)N(CCN2CCC(C(=O)c3ccc(F)cc3)CC2)c2ccccc2)cc1. The number of anilines is 2. The summed E-state index contributed by atoms with van der Waals surface area (Å²) in [7, 11) is 0. The summed E-state index contributed by atoms with van der Waals surface area (Å²) in [6.45, 7) is 2.84. The summed E-state index contributed by atoms with van der Waals surface area (Å²) >= 11 is 0. The minimum absolute atomic E-state index is 0.0478. The molecule has 0 bridgehead atoms. The van der Waals surface area contributed by atoms with Crippen LogP contribution in [0, 0.1) is 11.7 Å². The molecule has 4 rings (SSSR count). The largest absolute Gasteiger partial charge is 0.399 e. The van der Waals surface area contributed by atoms with E-state index in [2.05, 4.69) is 4.90 Å². The van der Waals surface area contributed by atoms with Crippen molar-refractivity contribution in [2.24, 2.45) is 5.92 Å². The van der Waals surface area contributed by atoms with Gasteiger partial charge in [0.1, 0.15) is 5.82 Å². The number of benzene rings is 3. The van der Waals surface area contributed by atoms with E-state index in [1.165, 1.54) is 12.1 Å². The van der Waals surface area contributed by atoms with E-state index >= 15 is 0 Å². The zero-order chi connectivity index (χ0) is 23.2. The Hall–Kier alpha value is -3.51. The van der Waals surface area contributed by atoms with Crippen LogP contribution in [0.25, 0.3) is 0 Å². The zero-order valence-electron chi connectivity index (χ0n) is 18.5. The van der Waals surface area contributed by atoms with Gasteiger partial charge < -0.3 is 15.5 Å². The first-order valence-corrected chi connectivity index (χ1v) is 11.3. The number of nitrogen functional groups attached to an aromatic ring is 1. The fraction of sp³-hybridized carbons (Fsp3) is 0.259. The molecule has 0 spiro atoms. The van der Waals surface area contributed by atoms with Crippen molar-refractivity contribution in [3.63, 3.8) is 0 Å². The van der Waals surface area contributed by atoms with Crippen molar-refractivity contribution in [1.29, 1.82) is 0 Å². The molecule has 3 aromatic carbocycles. The lowest BCUT2D eigenvalue weighted by atomic mass is 9.89. The lowest BCUT2D eigenvalue weighted by Gasteiger charge is -2.33. The molecule has 6 heteroatoms. The number of ketones is 1. The molecule has 3 aromatic rings. The first-order valence-electron chi connectivity index (χ1n) is 11.3. The minimum atomic E-state index is -0.335. The molecule has 0 radical (unpaired) electrons. The smallest absolute Gasteiger partial charge is 0.258 e. The Balaban J connectivity index is 1.37. The first-order chi connectivity index (χ1) is 16.0. The number of halogens is 1. The van der Waals surface area contributed by atoms with Crippen molar-refractivity contribution < 1.29 is 14.0 Å². The molecule has 1 amide bonds. The number of para-hydroxylation sites is 1. The quantitative estimate of drug-likeness (QED) is 0.425. The summed E-state index contributed by atoms with van der Waals surface area (Å²) in [4.78, 5) is 30.1. The molecule has 0 atom stereocenters. The highest BCUT2D eigenvalue weighted by Gasteiger charge is 2.26. The maximum absolute atomic E-state index is 13.2. The van der Waals surface area contributed by atoms with E-state index in [1.807, 2.05) is 30.3 Å². The van der Waals surface area contributed by atoms with Crippen molar-refractivity contribution in [3.05, 3.63) is 95.8 Å². The van der Waals surface area contributed by atoms with Gasteiger partial charge in [-0.3, -0.25) is 9.59 Å². The van der Waals surface area contributed by atoms with E-state index in [4.69, 9.17) is 5.73 Å². The van der Waals surface area contributed by atoms with Gasteiger partial charge in [0.15, 0.2) is 5.78 Å². The van der Waals surface area contributed by atoms with Crippen LogP contribution in [0.3, 0.4) is 0 Å². The van der Waals surface area contributed by atoms with Gasteiger partial charge in [0, 0.05) is 41.5 Å². The summed E-state index contributed by atoms with van der Waals surface area (Å²) in [5.41, 5.74) is 8.41. The average molecular weight is 446 g/mol. The van der Waals surface area contributed by atoms with Crippen LogP contribution >= 0.6 is 0 Å². The van der Waals surface area contributed by atoms with Crippen molar-refractivity contribution in [2.75, 3.05) is 36.8 Å². The number of carbonyl (C=O) groups excluding carboxylic acids is 2. The third kappa shape index (κ3) is 5.65. The second kappa shape index (κ2) is 10.4. The van der Waals surface area contributed by atoms with E-state index in [1.54, 1.807) is 41.3 Å². The molecule has 2 N–H and O–H groups in total. The monoisotopic (exact) mass is 445 g/mol. The van der Waals surface area contributed by atoms with Gasteiger partial charge in [0.05, 0.1) is 0 Å². The summed E-state index contributed by atoms with van der Waals surface area (Å²) in [6.07, 6.45) is 1.51. The van der Waals surface area contributed by atoms with Crippen LogP contribution in [0.1, 0.15) is 33.6 Å². The molecule has 0 aromatic heterocycles. The average Bonchev–Trinajstić information content (AvgIpc) is 2.85. The molecule has 0 saturated carbocycles. The summed E-state index contributed by atoms with van der Waals surface area (Å²) < 4.78 is 13.1. The number of hydrogen-bond acceptors (Lipinski definition) is 4. The molecule has 1 fully saturated rings. The van der Waals surface area contributed by atoms with Crippen molar-refractivity contribution >= 4 is 23.1 Å². The number of hydrogen-bond donors (Lipinski definition) is 1. The van der Waals surface area contributed by atoms with Crippen LogP contribution in [-0.4, -0.2) is 42.8 Å². The Labute approximate surface area is 193 Å². The summed E-state index contributed by atoms with van der Waals surface area (Å²) in [5.74, 6) is -0.368. The van der Waals surface area contributed by atoms with Crippen LogP contribution in [0.5, 0.6) is 0 Å². The maximum atomic E-state index is 13.2. The molecular formula is C27H28FN3O2. The number of nitrogens with two attached hydrogens (primary N) is 1. The van der Waals surface area contributed by atoms with Gasteiger partial charge in [0.25, 0.3) is 5.91 Å². The predicted molar refractivity (Wildman–Crippen MR) is 129 cm³/mol. The molecule has 170 valence electrons. The Bertz CT molecular complexity index is 1080. The fourth-order valence-electron chi connectivity index (χ4n) is 4.25. The van der Waals surface area contributed by atoms with Crippen LogP contribution in [0.15, 0.2) is 78.9 Å². The van der Waals surface area contributed by atoms with Crippen LogP contribution < -0.4 is 10.6 Å². The van der Waals surface area contributed by atoms with Gasteiger partial charge in [-0.15, -0.1) is 0 Å². The highest BCUT2D eigenvalue weighted by molar-refractivity contribution is 6.06. The van der Waals surface area contributed by atoms with E-state index in [9.17, 15) is 14.0 Å². The van der Waals surface area contributed by atoms with Gasteiger partial charge in [-0.25, -0.2) is 4.39 Å². The van der Waals surface area contributed by atoms with Crippen molar-refractivity contribution in [1.82, 2.24) is 4.90 Å². The maximum Gasteiger partial charge on any atom is 0.258 e. The third-order valence-corrected chi connectivity index (χ3v) is 6.20. The molecule has 33 heavy (non-hydrogen) atoms. The highest BCUT2D eigenvalue weighted by Crippen LogP contribution is 2.23. The number of piperidine rings is 1. The summed E-state index contributed by atoms with van der Waals surface area (Å²) in [6, 6.07) is 22.4. The second-order valence-corrected chi connectivity index (χ2v) is 8.40. The van der Waals surface area contributed by atoms with E-state index in [-0.39, 0.29) is 23.4 Å². The van der Waals surface area contributed by atoms with Gasteiger partial charge in [-0.05, 0) is 86.6 Å². The standard InChI is InChI=1S/C27H28FN3O2/c28-23-10-6-20(7-11-23)26(32)21-14-16-30(17-15-21)18-19-31(25-4-2-1-3-5-25)27(33)22-8-12-24(29)13-9-22/h1-13,21H,14-19,29H2. The van der Waals surface area contributed by atoms with E-state index in [0.29, 0.717) is 29.9 Å². The van der Waals surface area contributed by atoms with Gasteiger partial charge in [-0.2, -0.15) is 0 Å². The van der Waals surface area contributed by atoms with E-state index in [0.717, 1.165) is 31.6 Å². The highest BCUT2D eigenvalue weighted by atomic mass is 19.1. The molecule has 1 aliphatic heterocycles. The molecule has 1 aliphatic rings. The number of likely N-dealkylation sites (tertiary alicyclic amines) is 1. The fourth-order valence-corrected chi connectivity index (χ4v) is 4.25. The Morgan fingerprint density at radius 1 is 0.879 bits per heavy atom. The Kier molecular flexibility index (Phi) is 7.15. The third-order valence-electron chi connectivity index (χ3n) is 6.20. The number of carbonyl (C=O) groups is 2. The molecule has 0 unspecified atom stereocenters. The molecule has 0 aliphatic carbocycles. The Morgan fingerprint density at radius 2 is 1.48 bits per heavy atom. The van der Waals surface area contributed by atoms with Crippen molar-refractivity contribution in [3.8, 4) is 0 Å². The van der Waals surface area contributed by atoms with Crippen LogP contribution in [0.4, 0.5) is 15.8 Å². The van der Waals surface area contributed by atoms with Crippen LogP contribution in [0.2, 0.25) is 0 Å². The number of amides is 1. The topological polar surface area (TPSA) is 66.6 Å². The molecule has 1 heterocycles. The normalized spacial score (nSPS) is 14.7. The number of rotatable bonds is 7. The number of Topliss-reactive ketones (excluding diaryl/α,β-unsaturated/α-hetero) is 1. The summed E-state index contributed by atoms with van der Waals surface area (Å²) in [5, 5.41) is 0. The molecular weight excluding hydrogens is 417 g/mol. The van der Waals surface area contributed by atoms with Gasteiger partial charge in [-0.1, -0.05) is 18.2 Å². The van der Waals surface area contributed by atoms with Gasteiger partial charge >= 0.3 is 0 Å². The molecule has 1 saturated heterocycles. The van der Waals surface area contributed by atoms with Crippen LogP contribution in [-0.2, 0) is 0 Å². The lowest BCUT2D eigenvalue weighted by molar-refractivity contribution is 0.0841. The second-order valence-electron chi connectivity index (χ2n) is 8.40. The predicted octanol–water partition coefficient (Wildman–Crippen LogP) is 4.65. The van der Waals surface area contributed by atoms with E-state index < -0.39 is 0 Å². The number of nitrogens with zero attached hydrogens (tertiary/aromatic N) is 2. The Morgan fingerprint density at radius 3 is 2.12 bits per heavy atom. The first kappa shape index (κ1) is 22.7. The van der Waals surface area contributed by atoms with Crippen molar-refractivity contribution in [2.45, 2.75) is 12.8 Å². The minimum Gasteiger partial charge on any atom is -0.399 e. The lowest BCUT2D eigenvalue weighted by Crippen LogP contribution is -2.42.